The summed E-state index contributed by atoms with van der Waals surface area (Å²) in [6.07, 6.45) is 1.71. The third kappa shape index (κ3) is 3.41. The molecule has 152 valence electrons. The molecule has 0 N–H and O–H groups in total. The fourth-order valence-electron chi connectivity index (χ4n) is 3.79. The Bertz CT molecular complexity index is 1460. The summed E-state index contributed by atoms with van der Waals surface area (Å²) < 4.78 is 3.40. The van der Waals surface area contributed by atoms with Crippen LogP contribution in [0.3, 0.4) is 0 Å². The van der Waals surface area contributed by atoms with E-state index in [-0.39, 0.29) is 11.5 Å². The second-order valence-corrected chi connectivity index (χ2v) is 9.35. The smallest absolute Gasteiger partial charge is 0.266 e. The van der Waals surface area contributed by atoms with Crippen LogP contribution in [0.1, 0.15) is 11.4 Å². The van der Waals surface area contributed by atoms with Gasteiger partial charge in [0.15, 0.2) is 0 Å². The van der Waals surface area contributed by atoms with Crippen LogP contribution in [0, 0.1) is 3.57 Å². The van der Waals surface area contributed by atoms with Crippen molar-refractivity contribution in [1.29, 1.82) is 0 Å². The summed E-state index contributed by atoms with van der Waals surface area (Å²) in [6, 6.07) is 20.7. The third-order valence-electron chi connectivity index (χ3n) is 5.29. The number of carbonyl (C=O) groups is 1. The number of likely N-dealkylation sites (N-methyl/N-ethyl adjacent to an activating group) is 1. The molecule has 0 atom stereocenters. The largest absolute Gasteiger partial charge is 0.311 e. The van der Waals surface area contributed by atoms with Crippen LogP contribution >= 0.6 is 38.5 Å². The second kappa shape index (κ2) is 7.72. The lowest BCUT2D eigenvalue weighted by Gasteiger charge is -2.12. The molecule has 1 aromatic heterocycles. The van der Waals surface area contributed by atoms with Crippen molar-refractivity contribution in [3.8, 4) is 5.69 Å². The van der Waals surface area contributed by atoms with Gasteiger partial charge >= 0.3 is 0 Å². The predicted molar refractivity (Wildman–Crippen MR) is 135 cm³/mol. The van der Waals surface area contributed by atoms with Gasteiger partial charge in [-0.15, -0.1) is 0 Å². The highest BCUT2D eigenvalue weighted by atomic mass is 127. The van der Waals surface area contributed by atoms with Crippen molar-refractivity contribution in [2.24, 2.45) is 0 Å². The number of amides is 1. The molecule has 0 aliphatic carbocycles. The number of halogens is 2. The third-order valence-corrected chi connectivity index (χ3v) is 6.45. The Hall–Kier alpha value is -2.78. The molecule has 2 heterocycles. The highest BCUT2D eigenvalue weighted by molar-refractivity contribution is 14.1. The van der Waals surface area contributed by atoms with E-state index >= 15 is 0 Å². The van der Waals surface area contributed by atoms with E-state index in [1.54, 1.807) is 22.6 Å². The molecule has 1 aliphatic heterocycles. The van der Waals surface area contributed by atoms with Gasteiger partial charge in [-0.1, -0.05) is 34.1 Å². The van der Waals surface area contributed by atoms with Crippen molar-refractivity contribution in [3.63, 3.8) is 0 Å². The molecule has 0 bridgehead atoms. The fourth-order valence-corrected chi connectivity index (χ4v) is 4.64. The molecule has 0 saturated heterocycles. The number of nitrogens with zero attached hydrogens (tertiary/aromatic N) is 3. The number of carbonyl (C=O) groups excluding carboxylic acids is 1. The normalized spacial score (nSPS) is 14.5. The number of aromatic nitrogens is 2. The molecular weight excluding hydrogens is 569 g/mol. The standard InChI is InChI=1S/C24H15BrIN3O2/c1-28-21-10-7-14(25)11-17(21)18(23(28)30)13-22-27-20-9-8-15(26)12-19(20)24(31)29(22)16-5-3-2-4-6-16/h2-13H,1H3. The van der Waals surface area contributed by atoms with Gasteiger partial charge in [0.05, 0.1) is 27.9 Å². The first kappa shape index (κ1) is 20.1. The van der Waals surface area contributed by atoms with Crippen molar-refractivity contribution in [3.05, 3.63) is 96.5 Å². The van der Waals surface area contributed by atoms with Crippen molar-refractivity contribution in [2.45, 2.75) is 0 Å². The highest BCUT2D eigenvalue weighted by Crippen LogP contribution is 2.38. The lowest BCUT2D eigenvalue weighted by atomic mass is 10.1. The van der Waals surface area contributed by atoms with Crippen molar-refractivity contribution in [2.75, 3.05) is 11.9 Å². The van der Waals surface area contributed by atoms with E-state index in [0.717, 1.165) is 19.3 Å². The Balaban J connectivity index is 1.84. The van der Waals surface area contributed by atoms with Gasteiger partial charge in [-0.3, -0.25) is 14.2 Å². The van der Waals surface area contributed by atoms with Crippen LogP contribution in [0.15, 0.2) is 76.0 Å². The number of anilines is 1. The van der Waals surface area contributed by atoms with E-state index in [1.165, 1.54) is 0 Å². The maximum atomic E-state index is 13.5. The predicted octanol–water partition coefficient (Wildman–Crippen LogP) is 5.27. The average Bonchev–Trinajstić information content (AvgIpc) is 2.99. The minimum Gasteiger partial charge on any atom is -0.311 e. The Labute approximate surface area is 200 Å². The van der Waals surface area contributed by atoms with E-state index < -0.39 is 0 Å². The molecule has 4 aromatic rings. The maximum absolute atomic E-state index is 13.5. The molecule has 31 heavy (non-hydrogen) atoms. The summed E-state index contributed by atoms with van der Waals surface area (Å²) in [5, 5.41) is 0.538. The Morgan fingerprint density at radius 1 is 1.00 bits per heavy atom. The van der Waals surface area contributed by atoms with Gasteiger partial charge in [-0.25, -0.2) is 4.98 Å². The van der Waals surface area contributed by atoms with Crippen molar-refractivity contribution in [1.82, 2.24) is 9.55 Å². The molecule has 0 spiro atoms. The summed E-state index contributed by atoms with van der Waals surface area (Å²) in [4.78, 5) is 32.9. The Morgan fingerprint density at radius 3 is 2.55 bits per heavy atom. The number of hydrogen-bond acceptors (Lipinski definition) is 3. The lowest BCUT2D eigenvalue weighted by molar-refractivity contribution is -0.112. The van der Waals surface area contributed by atoms with Gasteiger partial charge in [-0.05, 0) is 77.2 Å². The number of hydrogen-bond donors (Lipinski definition) is 0. The van der Waals surface area contributed by atoms with Gasteiger partial charge in [0.25, 0.3) is 11.5 Å². The summed E-state index contributed by atoms with van der Waals surface area (Å²) in [7, 11) is 1.75. The minimum absolute atomic E-state index is 0.135. The zero-order valence-electron chi connectivity index (χ0n) is 16.3. The van der Waals surface area contributed by atoms with Crippen LogP contribution in [0.25, 0.3) is 28.2 Å². The summed E-state index contributed by atoms with van der Waals surface area (Å²) in [5.41, 5.74) is 3.25. The monoisotopic (exact) mass is 583 g/mol. The van der Waals surface area contributed by atoms with Crippen LogP contribution in [-0.2, 0) is 4.79 Å². The molecular formula is C24H15BrIN3O2. The maximum Gasteiger partial charge on any atom is 0.266 e. The van der Waals surface area contributed by atoms with E-state index in [9.17, 15) is 9.59 Å². The van der Waals surface area contributed by atoms with E-state index in [1.807, 2.05) is 66.7 Å². The quantitative estimate of drug-likeness (QED) is 0.239. The van der Waals surface area contributed by atoms with Gasteiger partial charge in [0.1, 0.15) is 5.82 Å². The first-order valence-corrected chi connectivity index (χ1v) is 11.4. The van der Waals surface area contributed by atoms with Crippen LogP contribution < -0.4 is 10.5 Å². The minimum atomic E-state index is -0.171. The lowest BCUT2D eigenvalue weighted by Crippen LogP contribution is -2.23. The molecule has 7 heteroatoms. The number of fused-ring (bicyclic) bond motifs is 2. The van der Waals surface area contributed by atoms with Crippen molar-refractivity contribution < 1.29 is 4.79 Å². The van der Waals surface area contributed by atoms with E-state index in [0.29, 0.717) is 28.0 Å². The summed E-state index contributed by atoms with van der Waals surface area (Å²) in [6.45, 7) is 0. The van der Waals surface area contributed by atoms with Gasteiger partial charge in [0.2, 0.25) is 0 Å². The molecule has 0 saturated carbocycles. The average molecular weight is 584 g/mol. The second-order valence-electron chi connectivity index (χ2n) is 7.19. The number of para-hydroxylation sites is 1. The molecule has 0 radical (unpaired) electrons. The van der Waals surface area contributed by atoms with Crippen LogP contribution in [-0.4, -0.2) is 22.5 Å². The molecule has 5 nitrogen and oxygen atoms in total. The SMILES string of the molecule is CN1C(=O)C(=Cc2nc3ccc(I)cc3c(=O)n2-c2ccccc2)c2cc(Br)ccc21. The summed E-state index contributed by atoms with van der Waals surface area (Å²) in [5.74, 6) is 0.277. The first-order valence-electron chi connectivity index (χ1n) is 9.51. The topological polar surface area (TPSA) is 55.2 Å². The van der Waals surface area contributed by atoms with Gasteiger partial charge in [-0.2, -0.15) is 0 Å². The zero-order chi connectivity index (χ0) is 21.7. The number of benzene rings is 3. The van der Waals surface area contributed by atoms with Crippen LogP contribution in [0.4, 0.5) is 5.69 Å². The molecule has 0 fully saturated rings. The molecule has 0 unspecified atom stereocenters. The molecule has 1 aliphatic rings. The molecule has 5 rings (SSSR count). The van der Waals surface area contributed by atoms with Crippen molar-refractivity contribution >= 4 is 72.7 Å². The van der Waals surface area contributed by atoms with E-state index in [2.05, 4.69) is 38.5 Å². The molecule has 1 amide bonds. The zero-order valence-corrected chi connectivity index (χ0v) is 20.1. The van der Waals surface area contributed by atoms with Gasteiger partial charge in [0, 0.05) is 20.7 Å². The summed E-state index contributed by atoms with van der Waals surface area (Å²) >= 11 is 5.68. The van der Waals surface area contributed by atoms with Crippen LogP contribution in [0.2, 0.25) is 0 Å². The first-order chi connectivity index (χ1) is 14.9. The fraction of sp³-hybridized carbons (Fsp3) is 0.0417. The van der Waals surface area contributed by atoms with Crippen LogP contribution in [0.5, 0.6) is 0 Å². The Morgan fingerprint density at radius 2 is 1.77 bits per heavy atom. The number of rotatable bonds is 2. The highest BCUT2D eigenvalue weighted by Gasteiger charge is 2.30. The van der Waals surface area contributed by atoms with Gasteiger partial charge < -0.3 is 4.90 Å². The Kier molecular flexibility index (Phi) is 5.02. The van der Waals surface area contributed by atoms with E-state index in [4.69, 9.17) is 4.98 Å². The molecule has 3 aromatic carbocycles.